The quantitative estimate of drug-likeness (QED) is 0.727. The summed E-state index contributed by atoms with van der Waals surface area (Å²) in [6, 6.07) is 11.5. The van der Waals surface area contributed by atoms with E-state index in [2.05, 4.69) is 22.0 Å². The van der Waals surface area contributed by atoms with Crippen LogP contribution in [0.4, 0.5) is 15.8 Å². The van der Waals surface area contributed by atoms with Crippen molar-refractivity contribution in [3.05, 3.63) is 53.8 Å². The molecule has 0 unspecified atom stereocenters. The van der Waals surface area contributed by atoms with E-state index < -0.39 is 12.1 Å². The van der Waals surface area contributed by atoms with Gasteiger partial charge in [0, 0.05) is 37.4 Å². The molecule has 0 radical (unpaired) electrons. The third-order valence-electron chi connectivity index (χ3n) is 6.37. The van der Waals surface area contributed by atoms with Gasteiger partial charge in [-0.2, -0.15) is 0 Å². The molecule has 4 rings (SSSR count). The number of ether oxygens (including phenoxy) is 1. The van der Waals surface area contributed by atoms with Crippen molar-refractivity contribution in [2.75, 3.05) is 49.1 Å². The molecule has 176 valence electrons. The topological polar surface area (TPSA) is 65.1 Å². The Balaban J connectivity index is 1.49. The molecule has 2 aromatic carbocycles. The van der Waals surface area contributed by atoms with Crippen LogP contribution in [0.25, 0.3) is 0 Å². The maximum Gasteiger partial charge on any atom is 0.268 e. The van der Waals surface area contributed by atoms with E-state index in [0.29, 0.717) is 11.4 Å². The number of hydrogen-bond donors (Lipinski definition) is 1. The summed E-state index contributed by atoms with van der Waals surface area (Å²) in [5, 5.41) is 2.96. The van der Waals surface area contributed by atoms with Crippen molar-refractivity contribution in [2.45, 2.75) is 32.9 Å². The molecule has 0 saturated carbocycles. The lowest BCUT2D eigenvalue weighted by molar-refractivity contribution is -0.128. The summed E-state index contributed by atoms with van der Waals surface area (Å²) >= 11 is 0. The molecule has 2 aliphatic heterocycles. The maximum absolute atomic E-state index is 14.2. The van der Waals surface area contributed by atoms with Gasteiger partial charge in [0.2, 0.25) is 5.91 Å². The van der Waals surface area contributed by atoms with Crippen LogP contribution >= 0.6 is 0 Å². The first-order valence-corrected chi connectivity index (χ1v) is 11.5. The second-order valence-corrected chi connectivity index (χ2v) is 8.57. The molecule has 0 aliphatic carbocycles. The van der Waals surface area contributed by atoms with Gasteiger partial charge in [-0.15, -0.1) is 0 Å². The highest BCUT2D eigenvalue weighted by Gasteiger charge is 2.33. The van der Waals surface area contributed by atoms with E-state index in [9.17, 15) is 14.0 Å². The summed E-state index contributed by atoms with van der Waals surface area (Å²) in [5.41, 5.74) is 2.24. The van der Waals surface area contributed by atoms with Gasteiger partial charge < -0.3 is 19.9 Å². The number of benzene rings is 2. The minimum Gasteiger partial charge on any atom is -0.479 e. The minimum atomic E-state index is -0.665. The molecule has 0 spiro atoms. The summed E-state index contributed by atoms with van der Waals surface area (Å²) in [5.74, 6) is -0.347. The van der Waals surface area contributed by atoms with Crippen LogP contribution in [0, 0.1) is 5.82 Å². The number of amides is 2. The van der Waals surface area contributed by atoms with Crippen molar-refractivity contribution in [1.29, 1.82) is 0 Å². The zero-order valence-corrected chi connectivity index (χ0v) is 19.4. The predicted molar refractivity (Wildman–Crippen MR) is 126 cm³/mol. The lowest BCUT2D eigenvalue weighted by atomic mass is 10.0. The molecular weight excluding hydrogens is 423 g/mol. The molecule has 0 aromatic heterocycles. The Bertz CT molecular complexity index is 1020. The Hall–Kier alpha value is -3.13. The molecule has 2 amide bonds. The van der Waals surface area contributed by atoms with E-state index in [1.165, 1.54) is 17.0 Å². The van der Waals surface area contributed by atoms with Crippen molar-refractivity contribution in [3.8, 4) is 5.75 Å². The van der Waals surface area contributed by atoms with Gasteiger partial charge >= 0.3 is 0 Å². The first kappa shape index (κ1) is 23.0. The zero-order chi connectivity index (χ0) is 23.5. The molecule has 2 aromatic rings. The first-order valence-electron chi connectivity index (χ1n) is 11.5. The lowest BCUT2D eigenvalue weighted by Crippen LogP contribution is -2.49. The van der Waals surface area contributed by atoms with Crippen molar-refractivity contribution in [3.63, 3.8) is 0 Å². The fraction of sp³-hybridized carbons (Fsp3) is 0.440. The third kappa shape index (κ3) is 4.95. The number of nitrogens with one attached hydrogen (secondary N) is 1. The van der Waals surface area contributed by atoms with Crippen molar-refractivity contribution in [2.24, 2.45) is 0 Å². The fourth-order valence-electron chi connectivity index (χ4n) is 4.50. The predicted octanol–water partition coefficient (Wildman–Crippen LogP) is 2.96. The van der Waals surface area contributed by atoms with Crippen LogP contribution in [0.1, 0.15) is 32.4 Å². The van der Waals surface area contributed by atoms with E-state index in [-0.39, 0.29) is 24.2 Å². The molecule has 7 nitrogen and oxygen atoms in total. The van der Waals surface area contributed by atoms with Crippen molar-refractivity contribution < 1.29 is 18.7 Å². The number of piperazine rings is 1. The van der Waals surface area contributed by atoms with Crippen LogP contribution in [-0.2, 0) is 9.59 Å². The van der Waals surface area contributed by atoms with E-state index in [1.807, 2.05) is 13.0 Å². The molecule has 2 heterocycles. The molecule has 8 heteroatoms. The molecule has 0 bridgehead atoms. The van der Waals surface area contributed by atoms with Gasteiger partial charge in [-0.3, -0.25) is 14.5 Å². The first-order chi connectivity index (χ1) is 15.9. The monoisotopic (exact) mass is 454 g/mol. The number of likely N-dealkylation sites (N-methyl/N-ethyl adjacent to an activating group) is 1. The number of fused-ring (bicyclic) bond motifs is 1. The average molecular weight is 455 g/mol. The van der Waals surface area contributed by atoms with Gasteiger partial charge in [0.15, 0.2) is 6.10 Å². The highest BCUT2D eigenvalue weighted by Crippen LogP contribution is 2.33. The van der Waals surface area contributed by atoms with E-state index in [0.717, 1.165) is 44.0 Å². The lowest BCUT2D eigenvalue weighted by Gasteiger charge is -2.37. The fourth-order valence-corrected chi connectivity index (χ4v) is 4.50. The van der Waals surface area contributed by atoms with Crippen molar-refractivity contribution in [1.82, 2.24) is 10.2 Å². The van der Waals surface area contributed by atoms with Gasteiger partial charge in [0.05, 0.1) is 11.7 Å². The Morgan fingerprint density at radius 1 is 1.15 bits per heavy atom. The number of rotatable bonds is 6. The Morgan fingerprint density at radius 3 is 2.61 bits per heavy atom. The summed E-state index contributed by atoms with van der Waals surface area (Å²) in [7, 11) is 0. The Morgan fingerprint density at radius 2 is 1.88 bits per heavy atom. The number of hydrogen-bond acceptors (Lipinski definition) is 5. The SMILES string of the molecule is CCN1CCN(c2ccc(F)cc2[C@@H](C)NC(=O)CN2C(=O)[C@H](C)Oc3ccccc32)CC1. The van der Waals surface area contributed by atoms with Gasteiger partial charge in [-0.1, -0.05) is 19.1 Å². The summed E-state index contributed by atoms with van der Waals surface area (Å²) in [6.45, 7) is 10.1. The van der Waals surface area contributed by atoms with Gasteiger partial charge in [0.25, 0.3) is 5.91 Å². The van der Waals surface area contributed by atoms with Crippen LogP contribution in [0.5, 0.6) is 5.75 Å². The molecule has 33 heavy (non-hydrogen) atoms. The number of nitrogens with zero attached hydrogens (tertiary/aromatic N) is 3. The maximum atomic E-state index is 14.2. The number of carbonyl (C=O) groups is 2. The van der Waals surface area contributed by atoms with Crippen LogP contribution in [-0.4, -0.2) is 62.1 Å². The van der Waals surface area contributed by atoms with Gasteiger partial charge in [0.1, 0.15) is 18.1 Å². The second-order valence-electron chi connectivity index (χ2n) is 8.57. The number of carbonyl (C=O) groups excluding carboxylic acids is 2. The molecule has 2 aliphatic rings. The molecule has 1 fully saturated rings. The number of para-hydroxylation sites is 2. The number of halogens is 1. The average Bonchev–Trinajstić information content (AvgIpc) is 2.82. The van der Waals surface area contributed by atoms with E-state index in [4.69, 9.17) is 4.74 Å². The van der Waals surface area contributed by atoms with Crippen molar-refractivity contribution >= 4 is 23.2 Å². The Labute approximate surface area is 194 Å². The Kier molecular flexibility index (Phi) is 6.83. The summed E-state index contributed by atoms with van der Waals surface area (Å²) in [6.07, 6.45) is -0.665. The molecule has 1 N–H and O–H groups in total. The molecular formula is C25H31FN4O3. The zero-order valence-electron chi connectivity index (χ0n) is 19.4. The summed E-state index contributed by atoms with van der Waals surface area (Å²) < 4.78 is 19.8. The molecule has 2 atom stereocenters. The smallest absolute Gasteiger partial charge is 0.268 e. The third-order valence-corrected chi connectivity index (χ3v) is 6.37. The summed E-state index contributed by atoms with van der Waals surface area (Å²) in [4.78, 5) is 31.7. The normalized spacial score (nSPS) is 19.6. The largest absolute Gasteiger partial charge is 0.479 e. The van der Waals surface area contributed by atoms with Crippen LogP contribution in [0.2, 0.25) is 0 Å². The number of anilines is 2. The highest BCUT2D eigenvalue weighted by molar-refractivity contribution is 6.03. The van der Waals surface area contributed by atoms with E-state index >= 15 is 0 Å². The highest BCUT2D eigenvalue weighted by atomic mass is 19.1. The van der Waals surface area contributed by atoms with E-state index in [1.54, 1.807) is 31.2 Å². The van der Waals surface area contributed by atoms with Crippen LogP contribution < -0.4 is 19.9 Å². The standard InChI is InChI=1S/C25H31FN4O3/c1-4-28-11-13-29(14-12-28)21-10-9-19(26)15-20(21)17(2)27-24(31)16-30-22-7-5-6-8-23(22)33-18(3)25(30)32/h5-10,15,17-18H,4,11-14,16H2,1-3H3,(H,27,31)/t17-,18+/m1/s1. The van der Waals surface area contributed by atoms with Crippen LogP contribution in [0.15, 0.2) is 42.5 Å². The van der Waals surface area contributed by atoms with Gasteiger partial charge in [-0.25, -0.2) is 4.39 Å². The van der Waals surface area contributed by atoms with Crippen LogP contribution in [0.3, 0.4) is 0 Å². The molecule has 1 saturated heterocycles. The van der Waals surface area contributed by atoms with Gasteiger partial charge in [-0.05, 0) is 50.7 Å². The minimum absolute atomic E-state index is 0.131. The second kappa shape index (κ2) is 9.79.